The van der Waals surface area contributed by atoms with E-state index in [-0.39, 0.29) is 17.0 Å². The summed E-state index contributed by atoms with van der Waals surface area (Å²) < 4.78 is 17.9. The minimum atomic E-state index is -0.386. The molecule has 4 nitrogen and oxygen atoms in total. The van der Waals surface area contributed by atoms with Crippen LogP contribution in [0, 0.1) is 0 Å². The third-order valence-electron chi connectivity index (χ3n) is 4.33. The number of ketones is 1. The molecule has 2 rings (SSSR count). The zero-order valence-corrected chi connectivity index (χ0v) is 20.7. The van der Waals surface area contributed by atoms with E-state index in [0.717, 1.165) is 16.9 Å². The van der Waals surface area contributed by atoms with Crippen molar-refractivity contribution in [1.82, 2.24) is 0 Å². The smallest absolute Gasteiger partial charge is 0.185 e. The molecule has 0 aliphatic carbocycles. The second kappa shape index (κ2) is 11.0. The maximum atomic E-state index is 12.8. The summed E-state index contributed by atoms with van der Waals surface area (Å²) in [6.45, 7) is 19.9. The number of hydrogen-bond donors (Lipinski definition) is 0. The number of carbonyl (C=O) groups is 1. The van der Waals surface area contributed by atoms with E-state index < -0.39 is 0 Å². The van der Waals surface area contributed by atoms with Crippen LogP contribution in [0.2, 0.25) is 0 Å². The van der Waals surface area contributed by atoms with E-state index in [4.69, 9.17) is 14.2 Å². The summed E-state index contributed by atoms with van der Waals surface area (Å²) in [5, 5.41) is 0. The lowest BCUT2D eigenvalue weighted by Crippen LogP contribution is -2.25. The molecule has 0 aliphatic heterocycles. The van der Waals surface area contributed by atoms with Crippen molar-refractivity contribution in [3.63, 3.8) is 0 Å². The highest BCUT2D eigenvalue weighted by molar-refractivity contribution is 6.07. The summed E-state index contributed by atoms with van der Waals surface area (Å²) >= 11 is 0. The number of carbonyl (C=O) groups excluding carboxylic acids is 1. The van der Waals surface area contributed by atoms with Crippen LogP contribution < -0.4 is 14.2 Å². The topological polar surface area (TPSA) is 44.8 Å². The Morgan fingerprint density at radius 3 is 2.06 bits per heavy atom. The molecule has 176 valence electrons. The van der Waals surface area contributed by atoms with E-state index in [0.29, 0.717) is 30.1 Å². The number of allylic oxidation sites excluding steroid dienone is 2. The van der Waals surface area contributed by atoms with Crippen LogP contribution in [0.25, 0.3) is 6.08 Å². The average Bonchev–Trinajstić information content (AvgIpc) is 2.70. The van der Waals surface area contributed by atoms with Gasteiger partial charge >= 0.3 is 0 Å². The molecule has 0 amide bonds. The molecule has 0 bridgehead atoms. The van der Waals surface area contributed by atoms with Crippen LogP contribution in [-0.2, 0) is 6.42 Å². The summed E-state index contributed by atoms with van der Waals surface area (Å²) in [7, 11) is 0. The Kier molecular flexibility index (Phi) is 8.69. The van der Waals surface area contributed by atoms with Crippen LogP contribution in [-0.4, -0.2) is 23.6 Å². The summed E-state index contributed by atoms with van der Waals surface area (Å²) in [6, 6.07) is 10.9. The van der Waals surface area contributed by atoms with Crippen LogP contribution >= 0.6 is 0 Å². The van der Waals surface area contributed by atoms with Gasteiger partial charge in [-0.1, -0.05) is 24.8 Å². The molecule has 0 saturated heterocycles. The van der Waals surface area contributed by atoms with E-state index in [9.17, 15) is 4.79 Å². The molecule has 0 N–H and O–H groups in total. The molecule has 33 heavy (non-hydrogen) atoms. The molecule has 0 unspecified atom stereocenters. The normalized spacial score (nSPS) is 11.8. The van der Waals surface area contributed by atoms with Crippen molar-refractivity contribution >= 4 is 11.9 Å². The van der Waals surface area contributed by atoms with E-state index in [1.165, 1.54) is 0 Å². The lowest BCUT2D eigenvalue weighted by atomic mass is 10.00. The third-order valence-corrected chi connectivity index (χ3v) is 4.33. The number of hydrogen-bond acceptors (Lipinski definition) is 4. The summed E-state index contributed by atoms with van der Waals surface area (Å²) in [5.74, 6) is 2.00. The fraction of sp³-hybridized carbons (Fsp3) is 0.345. The van der Waals surface area contributed by atoms with Crippen LogP contribution in [0.3, 0.4) is 0 Å². The van der Waals surface area contributed by atoms with Crippen LogP contribution in [0.1, 0.15) is 63.0 Å². The highest BCUT2D eigenvalue weighted by atomic mass is 16.5. The summed E-state index contributed by atoms with van der Waals surface area (Å²) in [6.07, 6.45) is 7.50. The monoisotopic (exact) mass is 448 g/mol. The van der Waals surface area contributed by atoms with Gasteiger partial charge in [-0.25, -0.2) is 0 Å². The number of rotatable bonds is 10. The lowest BCUT2D eigenvalue weighted by Gasteiger charge is -2.27. The molecule has 4 heteroatoms. The number of ether oxygens (including phenoxy) is 3. The van der Waals surface area contributed by atoms with Crippen molar-refractivity contribution in [2.75, 3.05) is 6.61 Å². The van der Waals surface area contributed by atoms with Gasteiger partial charge in [-0.15, -0.1) is 6.58 Å². The Bertz CT molecular complexity index is 1000. The molecule has 0 saturated carbocycles. The van der Waals surface area contributed by atoms with Crippen molar-refractivity contribution in [2.24, 2.45) is 0 Å². The van der Waals surface area contributed by atoms with Crippen LogP contribution in [0.4, 0.5) is 0 Å². The summed E-state index contributed by atoms with van der Waals surface area (Å²) in [4.78, 5) is 12.8. The van der Waals surface area contributed by atoms with Crippen molar-refractivity contribution in [3.05, 3.63) is 84.5 Å². The molecule has 0 radical (unpaired) electrons. The zero-order chi connectivity index (χ0) is 24.6. The van der Waals surface area contributed by atoms with Gasteiger partial charge in [-0.2, -0.15) is 0 Å². The second-order valence-corrected chi connectivity index (χ2v) is 9.73. The Hall–Kier alpha value is -3.27. The van der Waals surface area contributed by atoms with Gasteiger partial charge in [0.1, 0.15) is 35.1 Å². The molecule has 0 aliphatic rings. The molecular formula is C29H36O4. The van der Waals surface area contributed by atoms with Crippen molar-refractivity contribution in [2.45, 2.75) is 59.2 Å². The largest absolute Gasteiger partial charge is 0.490 e. The Morgan fingerprint density at radius 2 is 1.52 bits per heavy atom. The van der Waals surface area contributed by atoms with E-state index in [1.807, 2.05) is 65.8 Å². The molecule has 0 aromatic heterocycles. The first-order chi connectivity index (χ1) is 15.4. The van der Waals surface area contributed by atoms with Gasteiger partial charge in [0.2, 0.25) is 0 Å². The molecule has 2 aromatic carbocycles. The molecule has 0 spiro atoms. The SMILES string of the molecule is C=CCOc1ccc(C(=O)C=Cc2cc(OC(C)(C)C)cc(OC(C)(C)C)c2CC=C)cc1. The second-order valence-electron chi connectivity index (χ2n) is 9.73. The predicted octanol–water partition coefficient (Wildman–Crippen LogP) is 7.23. The number of benzene rings is 2. The molecule has 0 fully saturated rings. The van der Waals surface area contributed by atoms with Crippen LogP contribution in [0.15, 0.2) is 67.8 Å². The van der Waals surface area contributed by atoms with Gasteiger partial charge in [-0.05, 0) is 89.9 Å². The predicted molar refractivity (Wildman–Crippen MR) is 137 cm³/mol. The Labute approximate surface area is 198 Å². The minimum Gasteiger partial charge on any atom is -0.490 e. The van der Waals surface area contributed by atoms with E-state index >= 15 is 0 Å². The lowest BCUT2D eigenvalue weighted by molar-refractivity contribution is 0.104. The maximum absolute atomic E-state index is 12.8. The fourth-order valence-corrected chi connectivity index (χ4v) is 3.12. The minimum absolute atomic E-state index is 0.102. The molecule has 0 atom stereocenters. The fourth-order valence-electron chi connectivity index (χ4n) is 3.12. The highest BCUT2D eigenvalue weighted by Gasteiger charge is 2.20. The van der Waals surface area contributed by atoms with Gasteiger partial charge in [0, 0.05) is 17.2 Å². The quantitative estimate of drug-likeness (QED) is 0.218. The first kappa shape index (κ1) is 26.0. The average molecular weight is 449 g/mol. The van der Waals surface area contributed by atoms with Crippen molar-refractivity contribution < 1.29 is 19.0 Å². The summed E-state index contributed by atoms with van der Waals surface area (Å²) in [5.41, 5.74) is 1.64. The van der Waals surface area contributed by atoms with Gasteiger partial charge < -0.3 is 14.2 Å². The first-order valence-electron chi connectivity index (χ1n) is 11.1. The first-order valence-corrected chi connectivity index (χ1v) is 11.1. The van der Waals surface area contributed by atoms with E-state index in [2.05, 4.69) is 13.2 Å². The van der Waals surface area contributed by atoms with E-state index in [1.54, 1.807) is 36.4 Å². The van der Waals surface area contributed by atoms with Gasteiger partial charge in [0.15, 0.2) is 5.78 Å². The molecule has 0 heterocycles. The van der Waals surface area contributed by atoms with Crippen molar-refractivity contribution in [3.8, 4) is 17.2 Å². The molecular weight excluding hydrogens is 412 g/mol. The van der Waals surface area contributed by atoms with Gasteiger partial charge in [0.25, 0.3) is 0 Å². The highest BCUT2D eigenvalue weighted by Crippen LogP contribution is 2.34. The Balaban J connectivity index is 2.42. The van der Waals surface area contributed by atoms with Gasteiger partial charge in [-0.3, -0.25) is 4.79 Å². The van der Waals surface area contributed by atoms with Crippen molar-refractivity contribution in [1.29, 1.82) is 0 Å². The van der Waals surface area contributed by atoms with Crippen LogP contribution in [0.5, 0.6) is 17.2 Å². The zero-order valence-electron chi connectivity index (χ0n) is 20.7. The molecule has 2 aromatic rings. The maximum Gasteiger partial charge on any atom is 0.185 e. The third kappa shape index (κ3) is 8.64. The van der Waals surface area contributed by atoms with Gasteiger partial charge in [0.05, 0.1) is 0 Å². The standard InChI is InChI=1S/C29H36O4/c1-9-11-25-22(14-17-26(30)21-12-15-23(16-13-21)31-18-10-2)19-24(32-28(3,4)5)20-27(25)33-29(6,7)8/h9-10,12-17,19-20H,1-2,11,18H2,3-8H3. The Morgan fingerprint density at radius 1 is 0.879 bits per heavy atom.